The van der Waals surface area contributed by atoms with Gasteiger partial charge in [0.1, 0.15) is 12.4 Å². The lowest BCUT2D eigenvalue weighted by atomic mass is 10.1. The highest BCUT2D eigenvalue weighted by atomic mass is 16.5. The van der Waals surface area contributed by atoms with Crippen molar-refractivity contribution < 1.29 is 19.7 Å². The van der Waals surface area contributed by atoms with Gasteiger partial charge in [0.2, 0.25) is 0 Å². The van der Waals surface area contributed by atoms with Crippen LogP contribution in [0.4, 0.5) is 0 Å². The number of carbonyl (C=O) groups is 1. The summed E-state index contributed by atoms with van der Waals surface area (Å²) < 4.78 is 5.34. The number of phenolic OH excluding ortho intramolecular Hbond substituents is 1. The molecule has 0 spiro atoms. The number of phenols is 1. The van der Waals surface area contributed by atoms with E-state index in [1.54, 1.807) is 18.2 Å². The van der Waals surface area contributed by atoms with Crippen LogP contribution in [0.25, 0.3) is 0 Å². The first-order valence-corrected chi connectivity index (χ1v) is 5.82. The summed E-state index contributed by atoms with van der Waals surface area (Å²) in [5.74, 6) is -0.0956. The van der Waals surface area contributed by atoms with E-state index in [0.717, 1.165) is 5.56 Å². The lowest BCUT2D eigenvalue weighted by Crippen LogP contribution is -2.09. The Hall–Kier alpha value is -2.04. The van der Waals surface area contributed by atoms with Gasteiger partial charge in [-0.3, -0.25) is 4.79 Å². The molecule has 1 aliphatic heterocycles. The molecular formula is C13H15NO4. The zero-order valence-electron chi connectivity index (χ0n) is 9.87. The summed E-state index contributed by atoms with van der Waals surface area (Å²) in [5.41, 5.74) is 0.992. The number of aliphatic carboxylic acids is 1. The second-order valence-electron chi connectivity index (χ2n) is 4.26. The predicted molar refractivity (Wildman–Crippen MR) is 65.9 cm³/mol. The molecule has 1 unspecified atom stereocenters. The van der Waals surface area contributed by atoms with Crippen LogP contribution in [0.15, 0.2) is 29.3 Å². The molecule has 1 aromatic carbocycles. The lowest BCUT2D eigenvalue weighted by molar-refractivity contribution is -0.136. The van der Waals surface area contributed by atoms with Crippen molar-refractivity contribution in [2.75, 3.05) is 6.61 Å². The molecular weight excluding hydrogens is 234 g/mol. The highest BCUT2D eigenvalue weighted by molar-refractivity contribution is 5.81. The average Bonchev–Trinajstić information content (AvgIpc) is 2.74. The largest absolute Gasteiger partial charge is 0.508 e. The number of carboxylic acid groups (broad SMARTS) is 1. The number of hydrogen-bond donors (Lipinski definition) is 2. The minimum atomic E-state index is -0.849. The van der Waals surface area contributed by atoms with E-state index < -0.39 is 5.97 Å². The van der Waals surface area contributed by atoms with E-state index in [0.29, 0.717) is 25.3 Å². The molecule has 1 atom stereocenters. The molecule has 0 saturated carbocycles. The third-order valence-electron chi connectivity index (χ3n) is 2.70. The standard InChI is InChI=1S/C13H15NO4/c15-11-3-1-2-9(7-11)6-10-8-18-12(14-10)4-5-13(16)17/h1-3,7,10,15H,4-6,8H2,(H,16,17). The van der Waals surface area contributed by atoms with Crippen LogP contribution in [0.2, 0.25) is 0 Å². The Labute approximate surface area is 105 Å². The Kier molecular flexibility index (Phi) is 3.82. The number of hydrogen-bond acceptors (Lipinski definition) is 4. The molecule has 0 aliphatic carbocycles. The number of rotatable bonds is 5. The number of aromatic hydroxyl groups is 1. The van der Waals surface area contributed by atoms with Crippen molar-refractivity contribution >= 4 is 11.9 Å². The molecule has 2 rings (SSSR count). The van der Waals surface area contributed by atoms with Crippen molar-refractivity contribution in [2.24, 2.45) is 4.99 Å². The van der Waals surface area contributed by atoms with E-state index >= 15 is 0 Å². The molecule has 0 bridgehead atoms. The van der Waals surface area contributed by atoms with Gasteiger partial charge in [-0.2, -0.15) is 0 Å². The summed E-state index contributed by atoms with van der Waals surface area (Å²) in [6, 6.07) is 7.04. The van der Waals surface area contributed by atoms with Crippen LogP contribution in [0.1, 0.15) is 18.4 Å². The minimum Gasteiger partial charge on any atom is -0.508 e. The molecule has 1 aromatic rings. The third-order valence-corrected chi connectivity index (χ3v) is 2.70. The van der Waals surface area contributed by atoms with Gasteiger partial charge in [-0.05, 0) is 24.1 Å². The quantitative estimate of drug-likeness (QED) is 0.830. The zero-order chi connectivity index (χ0) is 13.0. The molecule has 0 fully saturated rings. The maximum absolute atomic E-state index is 10.4. The molecule has 5 heteroatoms. The zero-order valence-corrected chi connectivity index (χ0v) is 9.87. The van der Waals surface area contributed by atoms with E-state index in [1.165, 1.54) is 0 Å². The van der Waals surface area contributed by atoms with Gasteiger partial charge in [-0.25, -0.2) is 4.99 Å². The van der Waals surface area contributed by atoms with Crippen molar-refractivity contribution in [3.8, 4) is 5.75 Å². The topological polar surface area (TPSA) is 79.1 Å². The Balaban J connectivity index is 1.90. The lowest BCUT2D eigenvalue weighted by Gasteiger charge is -2.05. The average molecular weight is 249 g/mol. The van der Waals surface area contributed by atoms with Gasteiger partial charge in [0, 0.05) is 6.42 Å². The van der Waals surface area contributed by atoms with E-state index in [9.17, 15) is 9.90 Å². The second-order valence-corrected chi connectivity index (χ2v) is 4.26. The summed E-state index contributed by atoms with van der Waals surface area (Å²) in [6.07, 6.45) is 1.06. The van der Waals surface area contributed by atoms with Crippen molar-refractivity contribution in [1.29, 1.82) is 0 Å². The molecule has 18 heavy (non-hydrogen) atoms. The van der Waals surface area contributed by atoms with E-state index in [2.05, 4.69) is 4.99 Å². The second kappa shape index (κ2) is 5.53. The van der Waals surface area contributed by atoms with Gasteiger partial charge < -0.3 is 14.9 Å². The van der Waals surface area contributed by atoms with Crippen LogP contribution in [-0.4, -0.2) is 34.7 Å². The maximum atomic E-state index is 10.4. The normalized spacial score (nSPS) is 18.2. The fourth-order valence-electron chi connectivity index (χ4n) is 1.88. The Morgan fingerprint density at radius 3 is 3.06 bits per heavy atom. The summed E-state index contributed by atoms with van der Waals surface area (Å²) in [6.45, 7) is 0.477. The number of carboxylic acids is 1. The van der Waals surface area contributed by atoms with Gasteiger partial charge in [0.15, 0.2) is 5.90 Å². The molecule has 0 saturated heterocycles. The van der Waals surface area contributed by atoms with E-state index in [-0.39, 0.29) is 18.2 Å². The Morgan fingerprint density at radius 1 is 1.50 bits per heavy atom. The van der Waals surface area contributed by atoms with Crippen molar-refractivity contribution in [3.63, 3.8) is 0 Å². The molecule has 1 aliphatic rings. The van der Waals surface area contributed by atoms with Crippen molar-refractivity contribution in [2.45, 2.75) is 25.3 Å². The molecule has 96 valence electrons. The Morgan fingerprint density at radius 2 is 2.33 bits per heavy atom. The van der Waals surface area contributed by atoms with Crippen LogP contribution in [0.3, 0.4) is 0 Å². The van der Waals surface area contributed by atoms with E-state index in [1.807, 2.05) is 6.07 Å². The van der Waals surface area contributed by atoms with Gasteiger partial charge in [0.25, 0.3) is 0 Å². The first-order valence-electron chi connectivity index (χ1n) is 5.82. The molecule has 1 heterocycles. The molecule has 0 amide bonds. The highest BCUT2D eigenvalue weighted by Gasteiger charge is 2.19. The first kappa shape index (κ1) is 12.4. The summed E-state index contributed by atoms with van der Waals surface area (Å²) in [5, 5.41) is 17.9. The van der Waals surface area contributed by atoms with Gasteiger partial charge in [-0.15, -0.1) is 0 Å². The van der Waals surface area contributed by atoms with Crippen LogP contribution >= 0.6 is 0 Å². The third kappa shape index (κ3) is 3.48. The van der Waals surface area contributed by atoms with Gasteiger partial charge in [0.05, 0.1) is 12.5 Å². The smallest absolute Gasteiger partial charge is 0.303 e. The van der Waals surface area contributed by atoms with Crippen LogP contribution in [-0.2, 0) is 16.0 Å². The summed E-state index contributed by atoms with van der Waals surface area (Å²) in [4.78, 5) is 14.8. The van der Waals surface area contributed by atoms with Crippen molar-refractivity contribution in [3.05, 3.63) is 29.8 Å². The fraction of sp³-hybridized carbons (Fsp3) is 0.385. The number of nitrogens with zero attached hydrogens (tertiary/aromatic N) is 1. The van der Waals surface area contributed by atoms with Crippen molar-refractivity contribution in [1.82, 2.24) is 0 Å². The number of ether oxygens (including phenoxy) is 1. The minimum absolute atomic E-state index is 0.00981. The molecule has 0 aromatic heterocycles. The van der Waals surface area contributed by atoms with Gasteiger partial charge in [-0.1, -0.05) is 12.1 Å². The maximum Gasteiger partial charge on any atom is 0.303 e. The fourth-order valence-corrected chi connectivity index (χ4v) is 1.88. The van der Waals surface area contributed by atoms with Crippen LogP contribution in [0, 0.1) is 0 Å². The highest BCUT2D eigenvalue weighted by Crippen LogP contribution is 2.17. The van der Waals surface area contributed by atoms with Crippen LogP contribution in [0.5, 0.6) is 5.75 Å². The van der Waals surface area contributed by atoms with Crippen LogP contribution < -0.4 is 0 Å². The SMILES string of the molecule is O=C(O)CCC1=NC(Cc2cccc(O)c2)CO1. The Bertz CT molecular complexity index is 470. The van der Waals surface area contributed by atoms with Gasteiger partial charge >= 0.3 is 5.97 Å². The molecule has 0 radical (unpaired) electrons. The number of aliphatic imine (C=N–C) groups is 1. The number of benzene rings is 1. The molecule has 5 nitrogen and oxygen atoms in total. The van der Waals surface area contributed by atoms with E-state index in [4.69, 9.17) is 9.84 Å². The monoisotopic (exact) mass is 249 g/mol. The molecule has 2 N–H and O–H groups in total. The predicted octanol–water partition coefficient (Wildman–Crippen LogP) is 1.60. The first-order chi connectivity index (χ1) is 8.63. The summed E-state index contributed by atoms with van der Waals surface area (Å²) >= 11 is 0. The summed E-state index contributed by atoms with van der Waals surface area (Å²) in [7, 11) is 0.